The first kappa shape index (κ1) is 24.1. The Kier molecular flexibility index (Phi) is 6.36. The maximum Gasteiger partial charge on any atom is 0.416 e. The smallest absolute Gasteiger partial charge is 0.351 e. The quantitative estimate of drug-likeness (QED) is 0.366. The summed E-state index contributed by atoms with van der Waals surface area (Å²) >= 11 is 0. The highest BCUT2D eigenvalue weighted by molar-refractivity contribution is 6.04. The number of carbonyl (C=O) groups excluding carboxylic acids is 1. The maximum absolute atomic E-state index is 13.5. The molecule has 1 amide bonds. The predicted octanol–water partition coefficient (Wildman–Crippen LogP) is 5.22. The van der Waals surface area contributed by atoms with Crippen LogP contribution in [-0.4, -0.2) is 31.5 Å². The minimum Gasteiger partial charge on any atom is -0.351 e. The molecule has 0 aliphatic heterocycles. The number of imidazole rings is 1. The molecule has 0 spiro atoms. The van der Waals surface area contributed by atoms with Gasteiger partial charge in [0.25, 0.3) is 5.91 Å². The lowest BCUT2D eigenvalue weighted by atomic mass is 10.0. The summed E-state index contributed by atoms with van der Waals surface area (Å²) in [7, 11) is 0. The van der Waals surface area contributed by atoms with Crippen LogP contribution in [0.1, 0.15) is 45.5 Å². The SMILES string of the molecule is Cc1ccc(C(=O)Nc2cc(-n3ccnc3)cc(C(F)(F)F)c2)cc1C#Cc1cnc(NC2CC2)nc1. The van der Waals surface area contributed by atoms with Crippen LogP contribution in [0.2, 0.25) is 0 Å². The van der Waals surface area contributed by atoms with Crippen molar-refractivity contribution in [3.63, 3.8) is 0 Å². The largest absolute Gasteiger partial charge is 0.416 e. The van der Waals surface area contributed by atoms with Crippen LogP contribution in [0.5, 0.6) is 0 Å². The van der Waals surface area contributed by atoms with Crippen molar-refractivity contribution in [3.8, 4) is 17.5 Å². The number of halogens is 3. The topological polar surface area (TPSA) is 84.7 Å². The average Bonchev–Trinajstić information content (AvgIpc) is 3.51. The van der Waals surface area contributed by atoms with Crippen LogP contribution >= 0.6 is 0 Å². The van der Waals surface area contributed by atoms with Gasteiger partial charge in [-0.25, -0.2) is 15.0 Å². The summed E-state index contributed by atoms with van der Waals surface area (Å²) < 4.78 is 41.9. The highest BCUT2D eigenvalue weighted by atomic mass is 19.4. The van der Waals surface area contributed by atoms with E-state index in [-0.39, 0.29) is 16.9 Å². The molecule has 186 valence electrons. The summed E-state index contributed by atoms with van der Waals surface area (Å²) in [4.78, 5) is 25.4. The number of carbonyl (C=O) groups is 1. The van der Waals surface area contributed by atoms with Crippen LogP contribution in [0, 0.1) is 18.8 Å². The highest BCUT2D eigenvalue weighted by Gasteiger charge is 2.31. The van der Waals surface area contributed by atoms with E-state index >= 15 is 0 Å². The Hall–Kier alpha value is -4.65. The summed E-state index contributed by atoms with van der Waals surface area (Å²) in [6, 6.07) is 8.73. The first-order chi connectivity index (χ1) is 17.7. The second kappa shape index (κ2) is 9.78. The summed E-state index contributed by atoms with van der Waals surface area (Å²) in [5.41, 5.74) is 1.68. The van der Waals surface area contributed by atoms with Crippen molar-refractivity contribution < 1.29 is 18.0 Å². The zero-order valence-corrected chi connectivity index (χ0v) is 19.7. The Bertz CT molecular complexity index is 1500. The first-order valence-corrected chi connectivity index (χ1v) is 11.5. The van der Waals surface area contributed by atoms with E-state index in [1.807, 2.05) is 6.92 Å². The molecule has 0 radical (unpaired) electrons. The highest BCUT2D eigenvalue weighted by Crippen LogP contribution is 2.33. The van der Waals surface area contributed by atoms with Gasteiger partial charge in [-0.1, -0.05) is 17.9 Å². The number of nitrogens with one attached hydrogen (secondary N) is 2. The van der Waals surface area contributed by atoms with Gasteiger partial charge in [-0.2, -0.15) is 13.2 Å². The molecule has 2 heterocycles. The summed E-state index contributed by atoms with van der Waals surface area (Å²) in [5, 5.41) is 5.78. The van der Waals surface area contributed by atoms with Gasteiger partial charge in [0.2, 0.25) is 5.95 Å². The second-order valence-corrected chi connectivity index (χ2v) is 8.68. The maximum atomic E-state index is 13.5. The van der Waals surface area contributed by atoms with E-state index in [4.69, 9.17) is 0 Å². The number of aromatic nitrogens is 4. The van der Waals surface area contributed by atoms with Crippen LogP contribution < -0.4 is 10.6 Å². The monoisotopic (exact) mass is 502 g/mol. The van der Waals surface area contributed by atoms with Crippen LogP contribution in [0.15, 0.2) is 67.5 Å². The van der Waals surface area contributed by atoms with E-state index in [0.717, 1.165) is 30.5 Å². The summed E-state index contributed by atoms with van der Waals surface area (Å²) in [6.07, 6.45) is 5.27. The number of alkyl halides is 3. The molecule has 37 heavy (non-hydrogen) atoms. The second-order valence-electron chi connectivity index (χ2n) is 8.68. The van der Waals surface area contributed by atoms with Gasteiger partial charge in [0.15, 0.2) is 0 Å². The normalized spacial score (nSPS) is 13.0. The van der Waals surface area contributed by atoms with Crippen LogP contribution in [0.3, 0.4) is 0 Å². The summed E-state index contributed by atoms with van der Waals surface area (Å²) in [6.45, 7) is 1.86. The number of aryl methyl sites for hydroxylation is 1. The van der Waals surface area contributed by atoms with Gasteiger partial charge in [-0.3, -0.25) is 4.79 Å². The molecule has 2 aromatic heterocycles. The van der Waals surface area contributed by atoms with E-state index < -0.39 is 17.6 Å². The van der Waals surface area contributed by atoms with Crippen molar-refractivity contribution in [1.29, 1.82) is 0 Å². The van der Waals surface area contributed by atoms with Crippen molar-refractivity contribution >= 4 is 17.5 Å². The fourth-order valence-electron chi connectivity index (χ4n) is 3.53. The Morgan fingerprint density at radius 3 is 2.54 bits per heavy atom. The number of amides is 1. The lowest BCUT2D eigenvalue weighted by Crippen LogP contribution is -2.14. The van der Waals surface area contributed by atoms with Gasteiger partial charge in [0, 0.05) is 53.3 Å². The Morgan fingerprint density at radius 1 is 1.08 bits per heavy atom. The molecule has 0 bridgehead atoms. The third-order valence-corrected chi connectivity index (χ3v) is 5.71. The van der Waals surface area contributed by atoms with Crippen molar-refractivity contribution in [2.24, 2.45) is 0 Å². The van der Waals surface area contributed by atoms with Crippen LogP contribution in [-0.2, 0) is 6.18 Å². The molecule has 5 rings (SSSR count). The van der Waals surface area contributed by atoms with Gasteiger partial charge in [-0.05, 0) is 55.7 Å². The van der Waals surface area contributed by atoms with Crippen LogP contribution in [0.25, 0.3) is 5.69 Å². The van der Waals surface area contributed by atoms with E-state index in [2.05, 4.69) is 37.4 Å². The van der Waals surface area contributed by atoms with Gasteiger partial charge in [0.05, 0.1) is 17.5 Å². The molecule has 1 aliphatic rings. The molecule has 1 fully saturated rings. The van der Waals surface area contributed by atoms with Gasteiger partial charge in [0.1, 0.15) is 0 Å². The molecule has 0 unspecified atom stereocenters. The molecular formula is C27H21F3N6O. The standard InChI is InChI=1S/C27H21F3N6O/c1-17-2-4-20(10-19(17)5-3-18-14-32-26(33-15-18)35-22-6-7-22)25(37)34-23-11-21(27(28,29)30)12-24(13-23)36-9-8-31-16-36/h2,4,8-16,22H,6-7H2,1H3,(H,34,37)(H,32,33,35). The molecule has 10 heteroatoms. The molecule has 1 saturated carbocycles. The fourth-order valence-corrected chi connectivity index (χ4v) is 3.53. The van der Waals surface area contributed by atoms with E-state index in [1.165, 1.54) is 29.4 Å². The molecular weight excluding hydrogens is 481 g/mol. The van der Waals surface area contributed by atoms with Crippen molar-refractivity contribution in [1.82, 2.24) is 19.5 Å². The minimum absolute atomic E-state index is 0.00813. The minimum atomic E-state index is -4.58. The van der Waals surface area contributed by atoms with Gasteiger partial charge in [-0.15, -0.1) is 0 Å². The van der Waals surface area contributed by atoms with Gasteiger partial charge >= 0.3 is 6.18 Å². The van der Waals surface area contributed by atoms with E-state index in [0.29, 0.717) is 23.1 Å². The lowest BCUT2D eigenvalue weighted by Gasteiger charge is -2.14. The van der Waals surface area contributed by atoms with Crippen molar-refractivity contribution in [3.05, 3.63) is 95.3 Å². The summed E-state index contributed by atoms with van der Waals surface area (Å²) in [5.74, 6) is 6.03. The molecule has 0 atom stereocenters. The Balaban J connectivity index is 1.36. The third kappa shape index (κ3) is 5.95. The number of hydrogen-bond donors (Lipinski definition) is 2. The zero-order chi connectivity index (χ0) is 26.0. The molecule has 4 aromatic rings. The molecule has 7 nitrogen and oxygen atoms in total. The van der Waals surface area contributed by atoms with Gasteiger partial charge < -0.3 is 15.2 Å². The average molecular weight is 503 g/mol. The number of hydrogen-bond acceptors (Lipinski definition) is 5. The molecule has 1 aliphatic carbocycles. The number of anilines is 2. The predicted molar refractivity (Wildman–Crippen MR) is 132 cm³/mol. The number of nitrogens with zero attached hydrogens (tertiary/aromatic N) is 4. The zero-order valence-electron chi connectivity index (χ0n) is 19.7. The van der Waals surface area contributed by atoms with Crippen molar-refractivity contribution in [2.45, 2.75) is 32.0 Å². The number of benzene rings is 2. The van der Waals surface area contributed by atoms with Crippen LogP contribution in [0.4, 0.5) is 24.8 Å². The first-order valence-electron chi connectivity index (χ1n) is 11.5. The van der Waals surface area contributed by atoms with E-state index in [1.54, 1.807) is 30.6 Å². The lowest BCUT2D eigenvalue weighted by molar-refractivity contribution is -0.137. The van der Waals surface area contributed by atoms with E-state index in [9.17, 15) is 18.0 Å². The Morgan fingerprint density at radius 2 is 1.86 bits per heavy atom. The Labute approximate surface area is 210 Å². The molecule has 0 saturated heterocycles. The fraction of sp³-hybridized carbons (Fsp3) is 0.185. The molecule has 2 aromatic carbocycles. The third-order valence-electron chi connectivity index (χ3n) is 5.71. The number of rotatable bonds is 5. The molecule has 2 N–H and O–H groups in total. The van der Waals surface area contributed by atoms with Crippen molar-refractivity contribution in [2.75, 3.05) is 10.6 Å².